The fraction of sp³-hybridized carbons (Fsp3) is 0.900. The normalized spacial score (nSPS) is 26.2. The molecule has 0 aromatic heterocycles. The van der Waals surface area contributed by atoms with Gasteiger partial charge in [-0.25, -0.2) is 13.1 Å². The summed E-state index contributed by atoms with van der Waals surface area (Å²) in [6.07, 6.45) is 8.25. The predicted octanol–water partition coefficient (Wildman–Crippen LogP) is 0.431. The molecule has 172 valence electrons. The Morgan fingerprint density at radius 1 is 1.13 bits per heavy atom. The van der Waals surface area contributed by atoms with E-state index in [1.54, 1.807) is 7.05 Å². The predicted molar refractivity (Wildman–Crippen MR) is 117 cm³/mol. The van der Waals surface area contributed by atoms with E-state index in [2.05, 4.69) is 20.3 Å². The number of ether oxygens (including phenoxy) is 1. The van der Waals surface area contributed by atoms with E-state index in [1.807, 2.05) is 4.90 Å². The summed E-state index contributed by atoms with van der Waals surface area (Å²) in [7, 11) is -1.70. The maximum atomic E-state index is 12.6. The molecule has 2 heterocycles. The van der Waals surface area contributed by atoms with E-state index >= 15 is 0 Å². The lowest BCUT2D eigenvalue weighted by atomic mass is 10.1. The molecule has 0 bridgehead atoms. The highest BCUT2D eigenvalue weighted by atomic mass is 32.2. The van der Waals surface area contributed by atoms with Crippen LogP contribution in [0.25, 0.3) is 0 Å². The van der Waals surface area contributed by atoms with Gasteiger partial charge in [-0.2, -0.15) is 0 Å². The third-order valence-electron chi connectivity index (χ3n) is 6.24. The summed E-state index contributed by atoms with van der Waals surface area (Å²) >= 11 is 0. The van der Waals surface area contributed by atoms with E-state index in [9.17, 15) is 13.2 Å². The number of nitrogens with zero attached hydrogens (tertiary/aromatic N) is 2. The molecule has 2 aliphatic heterocycles. The van der Waals surface area contributed by atoms with E-state index in [1.165, 1.54) is 0 Å². The number of rotatable bonds is 8. The monoisotopic (exact) mass is 443 g/mol. The zero-order chi connectivity index (χ0) is 21.4. The zero-order valence-corrected chi connectivity index (χ0v) is 18.9. The molecule has 3 fully saturated rings. The minimum atomic E-state index is -3.37. The summed E-state index contributed by atoms with van der Waals surface area (Å²) < 4.78 is 32.6. The van der Waals surface area contributed by atoms with Crippen LogP contribution in [0.5, 0.6) is 0 Å². The molecule has 9 nitrogen and oxygen atoms in total. The van der Waals surface area contributed by atoms with Crippen molar-refractivity contribution in [1.82, 2.24) is 20.3 Å². The second-order valence-electron chi connectivity index (χ2n) is 8.55. The topological polar surface area (TPSA) is 112 Å². The molecule has 1 amide bonds. The van der Waals surface area contributed by atoms with Crippen molar-refractivity contribution in [3.63, 3.8) is 0 Å². The van der Waals surface area contributed by atoms with Gasteiger partial charge in [-0.05, 0) is 38.5 Å². The Kier molecular flexibility index (Phi) is 8.76. The van der Waals surface area contributed by atoms with Gasteiger partial charge in [0, 0.05) is 51.8 Å². The van der Waals surface area contributed by atoms with Crippen LogP contribution in [0.15, 0.2) is 4.99 Å². The van der Waals surface area contributed by atoms with Crippen molar-refractivity contribution in [1.29, 1.82) is 0 Å². The van der Waals surface area contributed by atoms with E-state index in [0.29, 0.717) is 31.6 Å². The average Bonchev–Trinajstić information content (AvgIpc) is 3.44. The van der Waals surface area contributed by atoms with Gasteiger partial charge in [-0.3, -0.25) is 9.79 Å². The van der Waals surface area contributed by atoms with Crippen LogP contribution >= 0.6 is 0 Å². The van der Waals surface area contributed by atoms with Gasteiger partial charge in [0.2, 0.25) is 15.9 Å². The van der Waals surface area contributed by atoms with Crippen molar-refractivity contribution in [2.75, 3.05) is 45.6 Å². The lowest BCUT2D eigenvalue weighted by Gasteiger charge is -2.23. The molecule has 3 aliphatic rings. The van der Waals surface area contributed by atoms with Crippen LogP contribution in [-0.2, 0) is 19.6 Å². The Bertz CT molecular complexity index is 687. The van der Waals surface area contributed by atoms with Crippen LogP contribution < -0.4 is 15.4 Å². The highest BCUT2D eigenvalue weighted by molar-refractivity contribution is 7.89. The number of hydrogen-bond acceptors (Lipinski definition) is 5. The number of carbonyl (C=O) groups excluding carboxylic acids is 1. The Morgan fingerprint density at radius 2 is 1.90 bits per heavy atom. The van der Waals surface area contributed by atoms with Crippen LogP contribution in [0.3, 0.4) is 0 Å². The summed E-state index contributed by atoms with van der Waals surface area (Å²) in [5.41, 5.74) is 0. The highest BCUT2D eigenvalue weighted by Crippen LogP contribution is 2.27. The summed E-state index contributed by atoms with van der Waals surface area (Å²) in [5.74, 6) is 1.04. The van der Waals surface area contributed by atoms with Crippen molar-refractivity contribution < 1.29 is 17.9 Å². The highest BCUT2D eigenvalue weighted by Gasteiger charge is 2.32. The number of amides is 1. The van der Waals surface area contributed by atoms with Gasteiger partial charge in [-0.1, -0.05) is 12.8 Å². The smallest absolute Gasteiger partial charge is 0.225 e. The molecule has 0 aromatic rings. The van der Waals surface area contributed by atoms with Gasteiger partial charge in [0.05, 0.1) is 11.9 Å². The van der Waals surface area contributed by atoms with Crippen LogP contribution in [0, 0.1) is 5.92 Å². The first-order valence-corrected chi connectivity index (χ1v) is 13.0. The van der Waals surface area contributed by atoms with Crippen LogP contribution in [0.1, 0.15) is 51.4 Å². The Balaban J connectivity index is 1.34. The van der Waals surface area contributed by atoms with E-state index in [-0.39, 0.29) is 30.4 Å². The Labute approximate surface area is 180 Å². The molecule has 10 heteroatoms. The minimum absolute atomic E-state index is 0.0202. The second-order valence-corrected chi connectivity index (χ2v) is 10.5. The summed E-state index contributed by atoms with van der Waals surface area (Å²) in [6, 6.07) is 0.139. The summed E-state index contributed by atoms with van der Waals surface area (Å²) in [6.45, 7) is 2.75. The number of hydrogen-bond donors (Lipinski definition) is 3. The Hall–Kier alpha value is -1.39. The van der Waals surface area contributed by atoms with Gasteiger partial charge >= 0.3 is 0 Å². The molecule has 2 atom stereocenters. The van der Waals surface area contributed by atoms with Gasteiger partial charge in [-0.15, -0.1) is 0 Å². The minimum Gasteiger partial charge on any atom is -0.377 e. The van der Waals surface area contributed by atoms with Crippen LogP contribution in [0.4, 0.5) is 0 Å². The van der Waals surface area contributed by atoms with E-state index < -0.39 is 10.0 Å². The SMILES string of the molecule is CN=C(NCCS(=O)(=O)NCC1CCCCO1)NC1CCN(C(=O)C2CCCC2)C1. The Morgan fingerprint density at radius 3 is 2.60 bits per heavy atom. The van der Waals surface area contributed by atoms with Crippen molar-refractivity contribution >= 4 is 21.9 Å². The molecule has 3 rings (SSSR count). The molecule has 2 unspecified atom stereocenters. The first kappa shape index (κ1) is 23.3. The number of guanidine groups is 1. The third kappa shape index (κ3) is 7.09. The first-order valence-electron chi connectivity index (χ1n) is 11.3. The molecular formula is C20H37N5O4S. The lowest BCUT2D eigenvalue weighted by molar-refractivity contribution is -0.134. The average molecular weight is 444 g/mol. The molecule has 30 heavy (non-hydrogen) atoms. The van der Waals surface area contributed by atoms with Gasteiger partial charge in [0.15, 0.2) is 5.96 Å². The molecule has 0 radical (unpaired) electrons. The fourth-order valence-corrected chi connectivity index (χ4v) is 5.42. The van der Waals surface area contributed by atoms with Gasteiger partial charge < -0.3 is 20.3 Å². The zero-order valence-electron chi connectivity index (χ0n) is 18.1. The van der Waals surface area contributed by atoms with E-state index in [4.69, 9.17) is 4.74 Å². The number of aliphatic imine (C=N–C) groups is 1. The summed E-state index contributed by atoms with van der Waals surface area (Å²) in [5, 5.41) is 6.40. The van der Waals surface area contributed by atoms with Gasteiger partial charge in [0.25, 0.3) is 0 Å². The standard InChI is InChI=1S/C20H37N5O4S/c1-21-20(22-10-13-30(27,28)23-14-18-8-4-5-12-29-18)24-17-9-11-25(15-17)19(26)16-6-2-3-7-16/h16-18,23H,2-15H2,1H3,(H2,21,22,24). The number of nitrogens with one attached hydrogen (secondary N) is 3. The first-order chi connectivity index (χ1) is 14.5. The molecule has 1 aliphatic carbocycles. The number of likely N-dealkylation sites (tertiary alicyclic amines) is 1. The number of carbonyl (C=O) groups is 1. The number of sulfonamides is 1. The van der Waals surface area contributed by atoms with Crippen molar-refractivity contribution in [2.24, 2.45) is 10.9 Å². The maximum absolute atomic E-state index is 12.6. The largest absolute Gasteiger partial charge is 0.377 e. The molecular weight excluding hydrogens is 406 g/mol. The molecule has 0 spiro atoms. The van der Waals surface area contributed by atoms with Crippen molar-refractivity contribution in [3.05, 3.63) is 0 Å². The van der Waals surface area contributed by atoms with Gasteiger partial charge in [0.1, 0.15) is 0 Å². The quantitative estimate of drug-likeness (QED) is 0.371. The molecule has 1 saturated carbocycles. The fourth-order valence-electron chi connectivity index (χ4n) is 4.46. The third-order valence-corrected chi connectivity index (χ3v) is 7.59. The van der Waals surface area contributed by atoms with E-state index in [0.717, 1.165) is 57.9 Å². The lowest BCUT2D eigenvalue weighted by Crippen LogP contribution is -2.47. The molecule has 3 N–H and O–H groups in total. The molecule has 0 aromatic carbocycles. The summed E-state index contributed by atoms with van der Waals surface area (Å²) in [4.78, 5) is 18.7. The second kappa shape index (κ2) is 11.3. The molecule has 2 saturated heterocycles. The van der Waals surface area contributed by atoms with Crippen LogP contribution in [-0.4, -0.2) is 82.9 Å². The van der Waals surface area contributed by atoms with Crippen molar-refractivity contribution in [2.45, 2.75) is 63.5 Å². The van der Waals surface area contributed by atoms with Crippen molar-refractivity contribution in [3.8, 4) is 0 Å². The van der Waals surface area contributed by atoms with Crippen LogP contribution in [0.2, 0.25) is 0 Å². The maximum Gasteiger partial charge on any atom is 0.225 e.